The first-order chi connectivity index (χ1) is 13.7. The van der Waals surface area contributed by atoms with Gasteiger partial charge in [0.05, 0.1) is 0 Å². The zero-order chi connectivity index (χ0) is 19.3. The lowest BCUT2D eigenvalue weighted by Gasteiger charge is -2.30. The van der Waals surface area contributed by atoms with Crippen molar-refractivity contribution in [2.75, 3.05) is 39.3 Å². The Morgan fingerprint density at radius 1 is 0.857 bits per heavy atom. The van der Waals surface area contributed by atoms with E-state index >= 15 is 0 Å². The number of aliphatic hydroxyl groups excluding tert-OH is 1. The summed E-state index contributed by atoms with van der Waals surface area (Å²) in [6.45, 7) is 4.89. The van der Waals surface area contributed by atoms with Gasteiger partial charge in [-0.2, -0.15) is 0 Å². The molecule has 1 N–H and O–H groups in total. The molecule has 2 saturated heterocycles. The van der Waals surface area contributed by atoms with E-state index < -0.39 is 0 Å². The smallest absolute Gasteiger partial charge is 0.253 e. The molecule has 2 aliphatic rings. The minimum atomic E-state index is 0.0826. The van der Waals surface area contributed by atoms with E-state index in [1.165, 1.54) is 19.3 Å². The summed E-state index contributed by atoms with van der Waals surface area (Å²) in [4.78, 5) is 17.5. The number of nitrogens with zero attached hydrogens (tertiary/aromatic N) is 2. The SMILES string of the molecule is O=C(c1ccc(-c2ccccc2)cc1)N1C[C@@H](CO)[C@@H](CN2CCCCC2)C1. The fourth-order valence-corrected chi connectivity index (χ4v) is 4.61. The van der Waals surface area contributed by atoms with Gasteiger partial charge in [0, 0.05) is 37.7 Å². The highest BCUT2D eigenvalue weighted by molar-refractivity contribution is 5.95. The quantitative estimate of drug-likeness (QED) is 0.866. The van der Waals surface area contributed by atoms with Crippen LogP contribution in [0.2, 0.25) is 0 Å². The fourth-order valence-electron chi connectivity index (χ4n) is 4.61. The lowest BCUT2D eigenvalue weighted by molar-refractivity contribution is 0.0778. The van der Waals surface area contributed by atoms with Crippen LogP contribution < -0.4 is 0 Å². The largest absolute Gasteiger partial charge is 0.396 e. The van der Waals surface area contributed by atoms with Crippen molar-refractivity contribution in [3.63, 3.8) is 0 Å². The summed E-state index contributed by atoms with van der Waals surface area (Å²) in [6, 6.07) is 18.1. The summed E-state index contributed by atoms with van der Waals surface area (Å²) < 4.78 is 0. The van der Waals surface area contributed by atoms with E-state index in [2.05, 4.69) is 17.0 Å². The van der Waals surface area contributed by atoms with E-state index in [0.717, 1.165) is 42.9 Å². The molecule has 2 aliphatic heterocycles. The van der Waals surface area contributed by atoms with Crippen molar-refractivity contribution in [3.8, 4) is 11.1 Å². The molecule has 1 amide bonds. The molecule has 0 bridgehead atoms. The van der Waals surface area contributed by atoms with Gasteiger partial charge < -0.3 is 14.9 Å². The van der Waals surface area contributed by atoms with Crippen LogP contribution >= 0.6 is 0 Å². The number of hydrogen-bond donors (Lipinski definition) is 1. The van der Waals surface area contributed by atoms with Crippen LogP contribution in [-0.4, -0.2) is 60.1 Å². The molecular formula is C24H30N2O2. The van der Waals surface area contributed by atoms with Crippen LogP contribution in [0.4, 0.5) is 0 Å². The Labute approximate surface area is 167 Å². The molecule has 148 valence electrons. The molecule has 0 aliphatic carbocycles. The zero-order valence-corrected chi connectivity index (χ0v) is 16.5. The molecule has 0 radical (unpaired) electrons. The summed E-state index contributed by atoms with van der Waals surface area (Å²) in [5, 5.41) is 9.84. The number of carbonyl (C=O) groups excluding carboxylic acids is 1. The summed E-state index contributed by atoms with van der Waals surface area (Å²) in [5.41, 5.74) is 3.01. The van der Waals surface area contributed by atoms with Crippen LogP contribution in [0.15, 0.2) is 54.6 Å². The highest BCUT2D eigenvalue weighted by Gasteiger charge is 2.36. The minimum Gasteiger partial charge on any atom is -0.396 e. The van der Waals surface area contributed by atoms with Crippen LogP contribution in [0, 0.1) is 11.8 Å². The average Bonchev–Trinajstić information content (AvgIpc) is 3.17. The zero-order valence-electron chi connectivity index (χ0n) is 16.5. The predicted molar refractivity (Wildman–Crippen MR) is 112 cm³/mol. The molecule has 2 aromatic rings. The van der Waals surface area contributed by atoms with Gasteiger partial charge >= 0.3 is 0 Å². The number of carbonyl (C=O) groups is 1. The van der Waals surface area contributed by atoms with Gasteiger partial charge in [-0.25, -0.2) is 0 Å². The molecule has 28 heavy (non-hydrogen) atoms. The van der Waals surface area contributed by atoms with Crippen molar-refractivity contribution >= 4 is 5.91 Å². The van der Waals surface area contributed by atoms with Crippen molar-refractivity contribution in [1.82, 2.24) is 9.80 Å². The van der Waals surface area contributed by atoms with Gasteiger partial charge in [-0.05, 0) is 55.1 Å². The van der Waals surface area contributed by atoms with Crippen molar-refractivity contribution in [2.24, 2.45) is 11.8 Å². The van der Waals surface area contributed by atoms with Gasteiger partial charge in [-0.3, -0.25) is 4.79 Å². The van der Waals surface area contributed by atoms with Crippen molar-refractivity contribution in [2.45, 2.75) is 19.3 Å². The number of hydrogen-bond acceptors (Lipinski definition) is 3. The van der Waals surface area contributed by atoms with Crippen LogP contribution in [-0.2, 0) is 0 Å². The molecule has 2 atom stereocenters. The molecule has 0 saturated carbocycles. The third-order valence-corrected chi connectivity index (χ3v) is 6.28. The Morgan fingerprint density at radius 2 is 1.50 bits per heavy atom. The first-order valence-electron chi connectivity index (χ1n) is 10.5. The number of amides is 1. The van der Waals surface area contributed by atoms with Crippen molar-refractivity contribution in [1.29, 1.82) is 0 Å². The number of aliphatic hydroxyl groups is 1. The normalized spacial score (nSPS) is 23.1. The second-order valence-electron chi connectivity index (χ2n) is 8.22. The lowest BCUT2D eigenvalue weighted by Crippen LogP contribution is -2.37. The molecule has 2 aromatic carbocycles. The average molecular weight is 379 g/mol. The minimum absolute atomic E-state index is 0.0826. The molecule has 2 heterocycles. The Balaban J connectivity index is 1.41. The first kappa shape index (κ1) is 19.2. The third-order valence-electron chi connectivity index (χ3n) is 6.28. The van der Waals surface area contributed by atoms with Crippen molar-refractivity contribution in [3.05, 3.63) is 60.2 Å². The molecule has 0 aromatic heterocycles. The highest BCUT2D eigenvalue weighted by atomic mass is 16.3. The monoisotopic (exact) mass is 378 g/mol. The van der Waals surface area contributed by atoms with Gasteiger partial charge in [-0.15, -0.1) is 0 Å². The van der Waals surface area contributed by atoms with Crippen LogP contribution in [0.3, 0.4) is 0 Å². The molecule has 4 nitrogen and oxygen atoms in total. The van der Waals surface area contributed by atoms with E-state index in [1.807, 2.05) is 47.4 Å². The highest BCUT2D eigenvalue weighted by Crippen LogP contribution is 2.27. The second kappa shape index (κ2) is 8.89. The Morgan fingerprint density at radius 3 is 2.18 bits per heavy atom. The van der Waals surface area contributed by atoms with E-state index in [-0.39, 0.29) is 18.4 Å². The van der Waals surface area contributed by atoms with Crippen LogP contribution in [0.5, 0.6) is 0 Å². The van der Waals surface area contributed by atoms with Gasteiger partial charge in [0.2, 0.25) is 0 Å². The number of rotatable bonds is 5. The summed E-state index contributed by atoms with van der Waals surface area (Å²) in [6.07, 6.45) is 3.87. The maximum atomic E-state index is 13.0. The van der Waals surface area contributed by atoms with Crippen LogP contribution in [0.1, 0.15) is 29.6 Å². The molecule has 0 spiro atoms. The molecule has 4 rings (SSSR count). The Hall–Kier alpha value is -2.17. The van der Waals surface area contributed by atoms with Gasteiger partial charge in [0.25, 0.3) is 5.91 Å². The number of likely N-dealkylation sites (tertiary alicyclic amines) is 2. The number of benzene rings is 2. The molecular weight excluding hydrogens is 348 g/mol. The predicted octanol–water partition coefficient (Wildman–Crippen LogP) is 3.52. The third kappa shape index (κ3) is 4.29. The van der Waals surface area contributed by atoms with E-state index in [0.29, 0.717) is 12.5 Å². The summed E-state index contributed by atoms with van der Waals surface area (Å²) in [5.74, 6) is 0.643. The molecule has 4 heteroatoms. The lowest BCUT2D eigenvalue weighted by atomic mass is 9.95. The molecule has 2 fully saturated rings. The van der Waals surface area contributed by atoms with Gasteiger partial charge in [0.1, 0.15) is 0 Å². The van der Waals surface area contributed by atoms with E-state index in [9.17, 15) is 9.90 Å². The molecule has 0 unspecified atom stereocenters. The van der Waals surface area contributed by atoms with Gasteiger partial charge in [-0.1, -0.05) is 48.9 Å². The topological polar surface area (TPSA) is 43.8 Å². The second-order valence-corrected chi connectivity index (χ2v) is 8.22. The number of piperidine rings is 1. The summed E-state index contributed by atoms with van der Waals surface area (Å²) in [7, 11) is 0. The van der Waals surface area contributed by atoms with E-state index in [1.54, 1.807) is 0 Å². The van der Waals surface area contributed by atoms with Crippen LogP contribution in [0.25, 0.3) is 11.1 Å². The van der Waals surface area contributed by atoms with Crippen molar-refractivity contribution < 1.29 is 9.90 Å². The van der Waals surface area contributed by atoms with Gasteiger partial charge in [0.15, 0.2) is 0 Å². The van der Waals surface area contributed by atoms with E-state index in [4.69, 9.17) is 0 Å². The summed E-state index contributed by atoms with van der Waals surface area (Å²) >= 11 is 0. The standard InChI is InChI=1S/C24H30N2O2/c27-18-23-17-26(16-22(23)15-25-13-5-2-6-14-25)24(28)21-11-9-20(10-12-21)19-7-3-1-4-8-19/h1,3-4,7-12,22-23,27H,2,5-6,13-18H2/t22-,23-/m0/s1. The first-order valence-corrected chi connectivity index (χ1v) is 10.5. The maximum absolute atomic E-state index is 13.0. The maximum Gasteiger partial charge on any atom is 0.253 e. The Kier molecular flexibility index (Phi) is 6.08. The fraction of sp³-hybridized carbons (Fsp3) is 0.458. The Bertz CT molecular complexity index is 769.